The summed E-state index contributed by atoms with van der Waals surface area (Å²) in [6, 6.07) is 5.15. The largest absolute Gasteiger partial charge is 0.495 e. The Morgan fingerprint density at radius 3 is 2.59 bits per heavy atom. The molecule has 22 heavy (non-hydrogen) atoms. The molecule has 0 bridgehead atoms. The van der Waals surface area contributed by atoms with E-state index in [1.54, 1.807) is 25.3 Å². The van der Waals surface area contributed by atoms with Crippen molar-refractivity contribution in [1.29, 1.82) is 0 Å². The van der Waals surface area contributed by atoms with Gasteiger partial charge >= 0.3 is 0 Å². The minimum Gasteiger partial charge on any atom is -0.495 e. The lowest BCUT2D eigenvalue weighted by Gasteiger charge is -2.35. The van der Waals surface area contributed by atoms with Gasteiger partial charge in [0.1, 0.15) is 5.75 Å². The summed E-state index contributed by atoms with van der Waals surface area (Å²) in [4.78, 5) is 13.9. The highest BCUT2D eigenvalue weighted by Gasteiger charge is 2.32. The van der Waals surface area contributed by atoms with E-state index in [1.807, 2.05) is 6.92 Å². The maximum absolute atomic E-state index is 12.6. The van der Waals surface area contributed by atoms with Gasteiger partial charge in [-0.1, -0.05) is 25.4 Å². The normalized spacial score (nSPS) is 26.3. The van der Waals surface area contributed by atoms with Crippen LogP contribution in [0.15, 0.2) is 18.2 Å². The molecule has 0 saturated carbocycles. The maximum Gasteiger partial charge on any atom is 0.282 e. The zero-order valence-electron chi connectivity index (χ0n) is 13.8. The number of likely N-dealkylation sites (tertiary alicyclic amines) is 1. The molecular weight excluding hydrogens is 300 g/mol. The highest BCUT2D eigenvalue weighted by Crippen LogP contribution is 2.27. The van der Waals surface area contributed by atoms with Crippen LogP contribution in [0.2, 0.25) is 5.02 Å². The number of nitrogens with one attached hydrogen (secondary N) is 2. The summed E-state index contributed by atoms with van der Waals surface area (Å²) >= 11 is 6.01. The van der Waals surface area contributed by atoms with Crippen LogP contribution in [0, 0.1) is 11.8 Å². The molecule has 2 rings (SSSR count). The van der Waals surface area contributed by atoms with E-state index < -0.39 is 0 Å². The summed E-state index contributed by atoms with van der Waals surface area (Å²) < 4.78 is 5.28. The average molecular weight is 326 g/mol. The Hall–Kier alpha value is -1.26. The number of anilines is 1. The van der Waals surface area contributed by atoms with E-state index in [0.29, 0.717) is 28.3 Å². The van der Waals surface area contributed by atoms with Crippen LogP contribution in [0.25, 0.3) is 0 Å². The van der Waals surface area contributed by atoms with E-state index in [9.17, 15) is 4.79 Å². The Morgan fingerprint density at radius 1 is 1.36 bits per heavy atom. The standard InChI is InChI=1S/C17H25ClN2O2/c1-11-7-12(2)10-20(9-11)13(3)17(21)19-15-8-14(18)5-6-16(15)22-4/h5-6,8,11-13H,7,9-10H2,1-4H3,(H,19,21)/p+1/t11-,12-,13+/m1/s1. The molecule has 1 aliphatic heterocycles. The Kier molecular flexibility index (Phi) is 5.70. The van der Waals surface area contributed by atoms with Crippen molar-refractivity contribution in [2.45, 2.75) is 33.2 Å². The van der Waals surface area contributed by atoms with Gasteiger partial charge in [-0.2, -0.15) is 0 Å². The molecule has 1 amide bonds. The van der Waals surface area contributed by atoms with Gasteiger partial charge < -0.3 is 15.0 Å². The number of carbonyl (C=O) groups excluding carboxylic acids is 1. The number of amides is 1. The van der Waals surface area contributed by atoms with Crippen LogP contribution < -0.4 is 15.0 Å². The lowest BCUT2D eigenvalue weighted by atomic mass is 9.91. The molecule has 5 heteroatoms. The Balaban J connectivity index is 2.07. The van der Waals surface area contributed by atoms with Crippen LogP contribution >= 0.6 is 11.6 Å². The smallest absolute Gasteiger partial charge is 0.282 e. The number of piperidine rings is 1. The number of rotatable bonds is 4. The first kappa shape index (κ1) is 17.1. The molecule has 0 aromatic heterocycles. The third-order valence-corrected chi connectivity index (χ3v) is 4.69. The Labute approximate surface area is 137 Å². The summed E-state index contributed by atoms with van der Waals surface area (Å²) in [5, 5.41) is 3.54. The molecule has 3 atom stereocenters. The van der Waals surface area contributed by atoms with E-state index in [0.717, 1.165) is 13.1 Å². The van der Waals surface area contributed by atoms with Crippen molar-refractivity contribution in [3.8, 4) is 5.75 Å². The van der Waals surface area contributed by atoms with Crippen molar-refractivity contribution < 1.29 is 14.4 Å². The molecule has 4 nitrogen and oxygen atoms in total. The van der Waals surface area contributed by atoms with E-state index >= 15 is 0 Å². The van der Waals surface area contributed by atoms with Gasteiger partial charge in [0.2, 0.25) is 0 Å². The molecule has 1 fully saturated rings. The van der Waals surface area contributed by atoms with Crippen LogP contribution in [-0.2, 0) is 4.79 Å². The van der Waals surface area contributed by atoms with Crippen LogP contribution in [-0.4, -0.2) is 32.1 Å². The molecule has 1 aromatic rings. The zero-order valence-corrected chi connectivity index (χ0v) is 14.5. The minimum absolute atomic E-state index is 0.0110. The van der Waals surface area contributed by atoms with Crippen LogP contribution in [0.1, 0.15) is 27.2 Å². The first-order valence-corrected chi connectivity index (χ1v) is 8.27. The molecule has 0 spiro atoms. The van der Waals surface area contributed by atoms with Crippen LogP contribution in [0.5, 0.6) is 5.75 Å². The van der Waals surface area contributed by atoms with E-state index in [2.05, 4.69) is 19.2 Å². The number of ether oxygens (including phenoxy) is 1. The molecule has 1 aliphatic rings. The van der Waals surface area contributed by atoms with Gasteiger partial charge in [0.25, 0.3) is 5.91 Å². The maximum atomic E-state index is 12.6. The SMILES string of the molecule is COc1ccc(Cl)cc1NC(=O)[C@H](C)[NH+]1C[C@H](C)C[C@@H](C)C1. The van der Waals surface area contributed by atoms with Crippen molar-refractivity contribution in [3.63, 3.8) is 0 Å². The van der Waals surface area contributed by atoms with Gasteiger partial charge in [0, 0.05) is 16.9 Å². The lowest BCUT2D eigenvalue weighted by Crippen LogP contribution is -3.18. The number of benzene rings is 1. The first-order valence-electron chi connectivity index (χ1n) is 7.89. The highest BCUT2D eigenvalue weighted by atomic mass is 35.5. The fourth-order valence-electron chi connectivity index (χ4n) is 3.39. The van der Waals surface area contributed by atoms with E-state index in [-0.39, 0.29) is 11.9 Å². The molecule has 1 saturated heterocycles. The van der Waals surface area contributed by atoms with Gasteiger partial charge in [0.15, 0.2) is 6.04 Å². The fraction of sp³-hybridized carbons (Fsp3) is 0.588. The van der Waals surface area contributed by atoms with Gasteiger partial charge in [-0.25, -0.2) is 0 Å². The molecule has 122 valence electrons. The molecule has 0 unspecified atom stereocenters. The fourth-order valence-corrected chi connectivity index (χ4v) is 3.56. The third-order valence-electron chi connectivity index (χ3n) is 4.45. The number of carbonyl (C=O) groups is 1. The number of methoxy groups -OCH3 is 1. The zero-order chi connectivity index (χ0) is 16.3. The molecule has 2 N–H and O–H groups in total. The van der Waals surface area contributed by atoms with E-state index in [4.69, 9.17) is 16.3 Å². The molecule has 1 heterocycles. The Morgan fingerprint density at radius 2 is 2.00 bits per heavy atom. The second-order valence-corrected chi connectivity index (χ2v) is 7.00. The van der Waals surface area contributed by atoms with E-state index in [1.165, 1.54) is 11.3 Å². The number of hydrogen-bond donors (Lipinski definition) is 2. The number of quaternary nitrogens is 1. The van der Waals surface area contributed by atoms with Gasteiger partial charge in [-0.3, -0.25) is 4.79 Å². The topological polar surface area (TPSA) is 42.8 Å². The summed E-state index contributed by atoms with van der Waals surface area (Å²) in [6.45, 7) is 8.62. The quantitative estimate of drug-likeness (QED) is 0.891. The molecular formula is C17H26ClN2O2+. The predicted octanol–water partition coefficient (Wildman–Crippen LogP) is 2.24. The van der Waals surface area contributed by atoms with Crippen molar-refractivity contribution in [3.05, 3.63) is 23.2 Å². The first-order chi connectivity index (χ1) is 10.4. The summed E-state index contributed by atoms with van der Waals surface area (Å²) in [6.07, 6.45) is 1.25. The molecule has 1 aromatic carbocycles. The summed E-state index contributed by atoms with van der Waals surface area (Å²) in [5.74, 6) is 1.96. The monoisotopic (exact) mass is 325 g/mol. The summed E-state index contributed by atoms with van der Waals surface area (Å²) in [7, 11) is 1.58. The van der Waals surface area contributed by atoms with Gasteiger partial charge in [-0.05, 0) is 31.5 Å². The number of hydrogen-bond acceptors (Lipinski definition) is 2. The minimum atomic E-state index is -0.0890. The van der Waals surface area contributed by atoms with Gasteiger partial charge in [0.05, 0.1) is 25.9 Å². The van der Waals surface area contributed by atoms with Crippen LogP contribution in [0.4, 0.5) is 5.69 Å². The molecule has 0 aliphatic carbocycles. The van der Waals surface area contributed by atoms with Crippen molar-refractivity contribution >= 4 is 23.2 Å². The van der Waals surface area contributed by atoms with Crippen molar-refractivity contribution in [2.24, 2.45) is 11.8 Å². The average Bonchev–Trinajstić information content (AvgIpc) is 2.45. The lowest BCUT2D eigenvalue weighted by molar-refractivity contribution is -0.925. The van der Waals surface area contributed by atoms with Crippen LogP contribution in [0.3, 0.4) is 0 Å². The molecule has 0 radical (unpaired) electrons. The van der Waals surface area contributed by atoms with Gasteiger partial charge in [-0.15, -0.1) is 0 Å². The Bertz CT molecular complexity index is 525. The third kappa shape index (κ3) is 4.14. The number of halogens is 1. The van der Waals surface area contributed by atoms with Crippen molar-refractivity contribution in [2.75, 3.05) is 25.5 Å². The predicted molar refractivity (Wildman–Crippen MR) is 89.7 cm³/mol. The van der Waals surface area contributed by atoms with Crippen molar-refractivity contribution in [1.82, 2.24) is 0 Å². The second-order valence-electron chi connectivity index (χ2n) is 6.57. The highest BCUT2D eigenvalue weighted by molar-refractivity contribution is 6.31. The summed E-state index contributed by atoms with van der Waals surface area (Å²) in [5.41, 5.74) is 0.629. The second kappa shape index (κ2) is 7.34.